The molecule has 1 amide bonds. The highest BCUT2D eigenvalue weighted by Gasteiger charge is 2.08. The predicted molar refractivity (Wildman–Crippen MR) is 75.2 cm³/mol. The van der Waals surface area contributed by atoms with Crippen LogP contribution in [-0.2, 0) is 0 Å². The van der Waals surface area contributed by atoms with Crippen molar-refractivity contribution in [1.29, 1.82) is 0 Å². The summed E-state index contributed by atoms with van der Waals surface area (Å²) >= 11 is 4.92. The van der Waals surface area contributed by atoms with Crippen LogP contribution in [0.1, 0.15) is 15.9 Å². The summed E-state index contributed by atoms with van der Waals surface area (Å²) in [6, 6.07) is 9.83. The normalized spacial score (nSPS) is 9.89. The molecule has 19 heavy (non-hydrogen) atoms. The van der Waals surface area contributed by atoms with Gasteiger partial charge in [0.2, 0.25) is 11.8 Å². The van der Waals surface area contributed by atoms with Crippen molar-refractivity contribution in [3.8, 4) is 11.6 Å². The van der Waals surface area contributed by atoms with E-state index in [0.29, 0.717) is 22.8 Å². The molecule has 0 saturated carbocycles. The molecule has 0 radical (unpaired) electrons. The van der Waals surface area contributed by atoms with Crippen LogP contribution in [0, 0.1) is 0 Å². The second-order valence-corrected chi connectivity index (χ2v) is 4.15. The first-order chi connectivity index (χ1) is 9.08. The molecule has 0 atom stereocenters. The maximum absolute atomic E-state index is 10.9. The average molecular weight is 273 g/mol. The van der Waals surface area contributed by atoms with Gasteiger partial charge in [-0.05, 0) is 36.4 Å². The largest absolute Gasteiger partial charge is 0.438 e. The van der Waals surface area contributed by atoms with Crippen LogP contribution in [0.5, 0.6) is 11.6 Å². The zero-order valence-corrected chi connectivity index (χ0v) is 10.7. The molecule has 1 heterocycles. The third-order valence-electron chi connectivity index (χ3n) is 2.39. The molecule has 0 aliphatic carbocycles. The van der Waals surface area contributed by atoms with E-state index in [-0.39, 0.29) is 4.99 Å². The first-order valence-corrected chi connectivity index (χ1v) is 5.81. The molecule has 5 nitrogen and oxygen atoms in total. The summed E-state index contributed by atoms with van der Waals surface area (Å²) in [5.41, 5.74) is 11.7. The molecule has 0 bridgehead atoms. The Morgan fingerprint density at radius 1 is 1.16 bits per heavy atom. The van der Waals surface area contributed by atoms with Crippen molar-refractivity contribution in [1.82, 2.24) is 4.98 Å². The Morgan fingerprint density at radius 3 is 2.42 bits per heavy atom. The van der Waals surface area contributed by atoms with Gasteiger partial charge in [-0.1, -0.05) is 12.2 Å². The monoisotopic (exact) mass is 273 g/mol. The van der Waals surface area contributed by atoms with Crippen LogP contribution < -0.4 is 16.2 Å². The zero-order valence-electron chi connectivity index (χ0n) is 9.87. The van der Waals surface area contributed by atoms with Crippen molar-refractivity contribution in [2.24, 2.45) is 11.5 Å². The van der Waals surface area contributed by atoms with Gasteiger partial charge in [-0.2, -0.15) is 0 Å². The van der Waals surface area contributed by atoms with Gasteiger partial charge in [0.25, 0.3) is 0 Å². The Balaban J connectivity index is 2.26. The summed E-state index contributed by atoms with van der Waals surface area (Å²) in [4.78, 5) is 15.2. The summed E-state index contributed by atoms with van der Waals surface area (Å²) in [5.74, 6) is 0.344. The van der Waals surface area contributed by atoms with Crippen molar-refractivity contribution in [2.75, 3.05) is 0 Å². The third kappa shape index (κ3) is 3.05. The van der Waals surface area contributed by atoms with Crippen molar-refractivity contribution in [2.45, 2.75) is 0 Å². The van der Waals surface area contributed by atoms with Gasteiger partial charge in [0.05, 0.1) is 5.56 Å². The first-order valence-electron chi connectivity index (χ1n) is 5.40. The second-order valence-electron chi connectivity index (χ2n) is 3.71. The Morgan fingerprint density at radius 2 is 1.84 bits per heavy atom. The molecule has 0 fully saturated rings. The summed E-state index contributed by atoms with van der Waals surface area (Å²) < 4.78 is 5.57. The van der Waals surface area contributed by atoms with Crippen LogP contribution in [-0.4, -0.2) is 15.9 Å². The van der Waals surface area contributed by atoms with Crippen LogP contribution in [0.2, 0.25) is 0 Å². The number of aromatic nitrogens is 1. The van der Waals surface area contributed by atoms with E-state index < -0.39 is 5.91 Å². The number of nitrogens with zero attached hydrogens (tertiary/aromatic N) is 1. The van der Waals surface area contributed by atoms with E-state index in [1.54, 1.807) is 42.6 Å². The maximum atomic E-state index is 10.9. The van der Waals surface area contributed by atoms with Gasteiger partial charge in [-0.25, -0.2) is 4.98 Å². The van der Waals surface area contributed by atoms with Gasteiger partial charge in [0.15, 0.2) is 0 Å². The SMILES string of the molecule is NC(=O)c1ccc(Oc2ncccc2C(N)=S)cc1. The molecule has 96 valence electrons. The van der Waals surface area contributed by atoms with E-state index in [2.05, 4.69) is 4.98 Å². The number of primary amides is 1. The highest BCUT2D eigenvalue weighted by atomic mass is 32.1. The molecule has 1 aromatic heterocycles. The lowest BCUT2D eigenvalue weighted by Crippen LogP contribution is -2.11. The van der Waals surface area contributed by atoms with E-state index >= 15 is 0 Å². The topological polar surface area (TPSA) is 91.2 Å². The van der Waals surface area contributed by atoms with E-state index in [0.717, 1.165) is 0 Å². The fraction of sp³-hybridized carbons (Fsp3) is 0. The smallest absolute Gasteiger partial charge is 0.248 e. The molecule has 6 heteroatoms. The minimum Gasteiger partial charge on any atom is -0.438 e. The minimum atomic E-state index is -0.492. The predicted octanol–water partition coefficient (Wildman–Crippen LogP) is 1.61. The highest BCUT2D eigenvalue weighted by Crippen LogP contribution is 2.23. The zero-order chi connectivity index (χ0) is 13.8. The number of carbonyl (C=O) groups is 1. The minimum absolute atomic E-state index is 0.205. The number of hydrogen-bond donors (Lipinski definition) is 2. The van der Waals surface area contributed by atoms with Gasteiger partial charge < -0.3 is 16.2 Å². The quantitative estimate of drug-likeness (QED) is 0.826. The van der Waals surface area contributed by atoms with Crippen LogP contribution in [0.15, 0.2) is 42.6 Å². The van der Waals surface area contributed by atoms with Gasteiger partial charge in [0, 0.05) is 11.8 Å². The molecule has 0 spiro atoms. The number of carbonyl (C=O) groups excluding carboxylic acids is 1. The number of hydrogen-bond acceptors (Lipinski definition) is 4. The van der Waals surface area contributed by atoms with Crippen LogP contribution in [0.4, 0.5) is 0 Å². The first kappa shape index (κ1) is 13.0. The molecule has 0 saturated heterocycles. The fourth-order valence-electron chi connectivity index (χ4n) is 1.46. The molecule has 2 rings (SSSR count). The van der Waals surface area contributed by atoms with Gasteiger partial charge in [0.1, 0.15) is 10.7 Å². The van der Waals surface area contributed by atoms with Crippen molar-refractivity contribution < 1.29 is 9.53 Å². The summed E-state index contributed by atoms with van der Waals surface area (Å²) in [6.45, 7) is 0. The summed E-state index contributed by atoms with van der Waals surface area (Å²) in [5, 5.41) is 0. The summed E-state index contributed by atoms with van der Waals surface area (Å²) in [7, 11) is 0. The number of benzene rings is 1. The molecular formula is C13H11N3O2S. The Hall–Kier alpha value is -2.47. The third-order valence-corrected chi connectivity index (χ3v) is 2.61. The molecule has 0 unspecified atom stereocenters. The van der Waals surface area contributed by atoms with Gasteiger partial charge in [-0.15, -0.1) is 0 Å². The van der Waals surface area contributed by atoms with E-state index in [9.17, 15) is 4.79 Å². The Kier molecular flexibility index (Phi) is 3.72. The van der Waals surface area contributed by atoms with Crippen LogP contribution >= 0.6 is 12.2 Å². The average Bonchev–Trinajstić information content (AvgIpc) is 2.39. The van der Waals surface area contributed by atoms with Gasteiger partial charge >= 0.3 is 0 Å². The fourth-order valence-corrected chi connectivity index (χ4v) is 1.61. The standard InChI is InChI=1S/C13H11N3O2S/c14-11(17)8-3-5-9(6-4-8)18-13-10(12(15)19)2-1-7-16-13/h1-7H,(H2,14,17)(H2,15,19). The van der Waals surface area contributed by atoms with Crippen molar-refractivity contribution >= 4 is 23.1 Å². The second kappa shape index (κ2) is 5.45. The van der Waals surface area contributed by atoms with E-state index in [1.807, 2.05) is 0 Å². The Bertz CT molecular complexity index is 626. The molecule has 0 aliphatic heterocycles. The molecule has 4 N–H and O–H groups in total. The molecule has 2 aromatic rings. The molecular weight excluding hydrogens is 262 g/mol. The lowest BCUT2D eigenvalue weighted by Gasteiger charge is -2.08. The van der Waals surface area contributed by atoms with E-state index in [4.69, 9.17) is 28.4 Å². The number of nitrogens with two attached hydrogens (primary N) is 2. The van der Waals surface area contributed by atoms with Crippen molar-refractivity contribution in [3.05, 3.63) is 53.7 Å². The highest BCUT2D eigenvalue weighted by molar-refractivity contribution is 7.80. The molecule has 0 aliphatic rings. The number of thiocarbonyl (C=S) groups is 1. The Labute approximate surface area is 115 Å². The lowest BCUT2D eigenvalue weighted by molar-refractivity contribution is 0.100. The lowest BCUT2D eigenvalue weighted by atomic mass is 10.2. The van der Waals surface area contributed by atoms with Crippen LogP contribution in [0.25, 0.3) is 0 Å². The number of ether oxygens (including phenoxy) is 1. The van der Waals surface area contributed by atoms with E-state index in [1.165, 1.54) is 0 Å². The summed E-state index contributed by atoms with van der Waals surface area (Å²) in [6.07, 6.45) is 1.58. The number of amides is 1. The maximum Gasteiger partial charge on any atom is 0.248 e. The number of pyridine rings is 1. The number of rotatable bonds is 4. The molecule has 1 aromatic carbocycles. The van der Waals surface area contributed by atoms with Crippen LogP contribution in [0.3, 0.4) is 0 Å². The van der Waals surface area contributed by atoms with Crippen molar-refractivity contribution in [3.63, 3.8) is 0 Å². The van der Waals surface area contributed by atoms with Gasteiger partial charge in [-0.3, -0.25) is 4.79 Å².